The molecule has 18 heavy (non-hydrogen) atoms. The van der Waals surface area contributed by atoms with Gasteiger partial charge in [-0.05, 0) is 19.1 Å². The molecule has 0 fully saturated rings. The average molecular weight is 268 g/mol. The summed E-state index contributed by atoms with van der Waals surface area (Å²) in [7, 11) is 0. The van der Waals surface area contributed by atoms with Gasteiger partial charge in [-0.25, -0.2) is 0 Å². The van der Waals surface area contributed by atoms with E-state index in [1.54, 1.807) is 17.3 Å². The van der Waals surface area contributed by atoms with E-state index in [0.29, 0.717) is 12.3 Å². The van der Waals surface area contributed by atoms with Gasteiger partial charge in [0.1, 0.15) is 0 Å². The number of rotatable bonds is 7. The van der Waals surface area contributed by atoms with E-state index in [2.05, 4.69) is 4.98 Å². The van der Waals surface area contributed by atoms with Crippen LogP contribution < -0.4 is 0 Å². The summed E-state index contributed by atoms with van der Waals surface area (Å²) < 4.78 is 0. The molecule has 98 valence electrons. The van der Waals surface area contributed by atoms with Crippen molar-refractivity contribution in [2.24, 2.45) is 0 Å². The van der Waals surface area contributed by atoms with Gasteiger partial charge in [-0.1, -0.05) is 0 Å². The highest BCUT2D eigenvalue weighted by Gasteiger charge is 2.13. The van der Waals surface area contributed by atoms with Gasteiger partial charge in [0.05, 0.1) is 12.2 Å². The van der Waals surface area contributed by atoms with Crippen molar-refractivity contribution >= 4 is 23.6 Å². The standard InChI is InChI=1S/C12H16N2O3S/c1-2-14(8-5-12(16)17)11(15)9-18-10-3-6-13-7-4-10/h3-4,6-7H,2,5,8-9H2,1H3,(H,16,17). The highest BCUT2D eigenvalue weighted by molar-refractivity contribution is 8.00. The largest absolute Gasteiger partial charge is 0.481 e. The second-order valence-corrected chi connectivity index (χ2v) is 4.64. The minimum atomic E-state index is -0.886. The first-order valence-corrected chi connectivity index (χ1v) is 6.64. The molecule has 0 aliphatic rings. The lowest BCUT2D eigenvalue weighted by molar-refractivity contribution is -0.138. The van der Waals surface area contributed by atoms with E-state index in [1.165, 1.54) is 11.8 Å². The van der Waals surface area contributed by atoms with Crippen molar-refractivity contribution in [3.05, 3.63) is 24.5 Å². The van der Waals surface area contributed by atoms with Gasteiger partial charge in [-0.3, -0.25) is 14.6 Å². The maximum atomic E-state index is 11.9. The maximum absolute atomic E-state index is 11.9. The quantitative estimate of drug-likeness (QED) is 0.759. The van der Waals surface area contributed by atoms with E-state index in [1.807, 2.05) is 19.1 Å². The Bertz CT molecular complexity index is 398. The van der Waals surface area contributed by atoms with E-state index in [4.69, 9.17) is 5.11 Å². The Morgan fingerprint density at radius 2 is 2.06 bits per heavy atom. The number of carbonyl (C=O) groups is 2. The molecule has 1 N–H and O–H groups in total. The highest BCUT2D eigenvalue weighted by atomic mass is 32.2. The van der Waals surface area contributed by atoms with Crippen LogP contribution in [0.15, 0.2) is 29.4 Å². The van der Waals surface area contributed by atoms with Crippen LogP contribution in [-0.4, -0.2) is 45.7 Å². The van der Waals surface area contributed by atoms with Crippen molar-refractivity contribution < 1.29 is 14.7 Å². The van der Waals surface area contributed by atoms with Crippen molar-refractivity contribution in [3.8, 4) is 0 Å². The van der Waals surface area contributed by atoms with Crippen LogP contribution in [0.1, 0.15) is 13.3 Å². The van der Waals surface area contributed by atoms with Crippen LogP contribution in [-0.2, 0) is 9.59 Å². The number of carboxylic acid groups (broad SMARTS) is 1. The number of amides is 1. The van der Waals surface area contributed by atoms with E-state index >= 15 is 0 Å². The molecule has 0 aromatic carbocycles. The van der Waals surface area contributed by atoms with Crippen LogP contribution in [0.25, 0.3) is 0 Å². The molecule has 0 aliphatic heterocycles. The van der Waals surface area contributed by atoms with Gasteiger partial charge in [-0.2, -0.15) is 0 Å². The Morgan fingerprint density at radius 1 is 1.39 bits per heavy atom. The fourth-order valence-electron chi connectivity index (χ4n) is 1.36. The molecule has 6 heteroatoms. The van der Waals surface area contributed by atoms with Gasteiger partial charge < -0.3 is 10.0 Å². The number of hydrogen-bond donors (Lipinski definition) is 1. The molecule has 0 atom stereocenters. The van der Waals surface area contributed by atoms with Gasteiger partial charge in [0, 0.05) is 30.4 Å². The third-order valence-corrected chi connectivity index (χ3v) is 3.34. The summed E-state index contributed by atoms with van der Waals surface area (Å²) in [5.41, 5.74) is 0. The number of pyridine rings is 1. The van der Waals surface area contributed by atoms with Crippen LogP contribution in [0.2, 0.25) is 0 Å². The van der Waals surface area contributed by atoms with E-state index < -0.39 is 5.97 Å². The van der Waals surface area contributed by atoms with Crippen LogP contribution >= 0.6 is 11.8 Å². The predicted molar refractivity (Wildman–Crippen MR) is 69.5 cm³/mol. The monoisotopic (exact) mass is 268 g/mol. The smallest absolute Gasteiger partial charge is 0.305 e. The Morgan fingerprint density at radius 3 is 2.61 bits per heavy atom. The van der Waals surface area contributed by atoms with Crippen LogP contribution in [0, 0.1) is 0 Å². The Labute approximate surface area is 110 Å². The van der Waals surface area contributed by atoms with Crippen LogP contribution in [0.3, 0.4) is 0 Å². The summed E-state index contributed by atoms with van der Waals surface area (Å²) in [6.45, 7) is 2.64. The summed E-state index contributed by atoms with van der Waals surface area (Å²) in [4.78, 5) is 28.8. The van der Waals surface area contributed by atoms with Gasteiger partial charge in [0.25, 0.3) is 0 Å². The molecule has 1 aromatic heterocycles. The Balaban J connectivity index is 2.40. The molecule has 1 aromatic rings. The third-order valence-electron chi connectivity index (χ3n) is 2.34. The highest BCUT2D eigenvalue weighted by Crippen LogP contribution is 2.16. The Kier molecular flexibility index (Phi) is 6.21. The van der Waals surface area contributed by atoms with E-state index in [9.17, 15) is 9.59 Å². The fourth-order valence-corrected chi connectivity index (χ4v) is 2.15. The lowest BCUT2D eigenvalue weighted by Gasteiger charge is -2.19. The molecule has 5 nitrogen and oxygen atoms in total. The molecule has 0 radical (unpaired) electrons. The zero-order valence-corrected chi connectivity index (χ0v) is 11.0. The predicted octanol–water partition coefficient (Wildman–Crippen LogP) is 1.50. The molecule has 0 bridgehead atoms. The van der Waals surface area contributed by atoms with E-state index in [-0.39, 0.29) is 18.9 Å². The van der Waals surface area contributed by atoms with Crippen molar-refractivity contribution in [1.29, 1.82) is 0 Å². The number of aliphatic carboxylic acids is 1. The second kappa shape index (κ2) is 7.71. The summed E-state index contributed by atoms with van der Waals surface area (Å²) in [6, 6.07) is 3.68. The van der Waals surface area contributed by atoms with Crippen LogP contribution in [0.5, 0.6) is 0 Å². The normalized spacial score (nSPS) is 10.1. The first-order valence-electron chi connectivity index (χ1n) is 5.66. The van der Waals surface area contributed by atoms with E-state index in [0.717, 1.165) is 4.90 Å². The second-order valence-electron chi connectivity index (χ2n) is 3.59. The third kappa shape index (κ3) is 5.18. The molecule has 1 amide bonds. The molecule has 1 heterocycles. The van der Waals surface area contributed by atoms with Gasteiger partial charge in [0.2, 0.25) is 5.91 Å². The molecular weight excluding hydrogens is 252 g/mol. The van der Waals surface area contributed by atoms with Crippen molar-refractivity contribution in [2.45, 2.75) is 18.2 Å². The molecule has 0 spiro atoms. The van der Waals surface area contributed by atoms with Crippen molar-refractivity contribution in [3.63, 3.8) is 0 Å². The average Bonchev–Trinajstić information content (AvgIpc) is 2.38. The zero-order valence-electron chi connectivity index (χ0n) is 10.2. The molecular formula is C12H16N2O3S. The number of aromatic nitrogens is 1. The first kappa shape index (κ1) is 14.5. The minimum absolute atomic E-state index is 0.0144. The fraction of sp³-hybridized carbons (Fsp3) is 0.417. The molecule has 0 saturated carbocycles. The van der Waals surface area contributed by atoms with Gasteiger partial charge in [0.15, 0.2) is 0 Å². The summed E-state index contributed by atoms with van der Waals surface area (Å²) in [6.07, 6.45) is 3.34. The molecule has 0 saturated heterocycles. The number of nitrogens with zero attached hydrogens (tertiary/aromatic N) is 2. The first-order chi connectivity index (χ1) is 8.63. The number of carboxylic acids is 1. The molecule has 0 unspecified atom stereocenters. The Hall–Kier alpha value is -1.56. The summed E-state index contributed by atoms with van der Waals surface area (Å²) >= 11 is 1.43. The van der Waals surface area contributed by atoms with Gasteiger partial charge >= 0.3 is 5.97 Å². The van der Waals surface area contributed by atoms with Gasteiger partial charge in [-0.15, -0.1) is 11.8 Å². The maximum Gasteiger partial charge on any atom is 0.305 e. The summed E-state index contributed by atoms with van der Waals surface area (Å²) in [5, 5.41) is 8.60. The van der Waals surface area contributed by atoms with Crippen molar-refractivity contribution in [1.82, 2.24) is 9.88 Å². The lowest BCUT2D eigenvalue weighted by atomic mass is 10.4. The minimum Gasteiger partial charge on any atom is -0.481 e. The van der Waals surface area contributed by atoms with Crippen LogP contribution in [0.4, 0.5) is 0 Å². The topological polar surface area (TPSA) is 70.5 Å². The number of carbonyl (C=O) groups excluding carboxylic acids is 1. The molecule has 1 rings (SSSR count). The van der Waals surface area contributed by atoms with Crippen molar-refractivity contribution in [2.75, 3.05) is 18.8 Å². The zero-order chi connectivity index (χ0) is 13.4. The molecule has 0 aliphatic carbocycles. The lowest BCUT2D eigenvalue weighted by Crippen LogP contribution is -2.34. The SMILES string of the molecule is CCN(CCC(=O)O)C(=O)CSc1ccncc1. The number of hydrogen-bond acceptors (Lipinski definition) is 4. The summed E-state index contributed by atoms with van der Waals surface area (Å²) in [5.74, 6) is -0.610. The number of thioether (sulfide) groups is 1.